The first-order chi connectivity index (χ1) is 18.3. The van der Waals surface area contributed by atoms with Gasteiger partial charge >= 0.3 is 5.97 Å². The molecule has 0 aliphatic rings. The summed E-state index contributed by atoms with van der Waals surface area (Å²) < 4.78 is 5.20. The summed E-state index contributed by atoms with van der Waals surface area (Å²) in [6.45, 7) is 2.24. The average Bonchev–Trinajstić information content (AvgIpc) is 3.34. The molecule has 3 rings (SSSR count). The monoisotopic (exact) mass is 563 g/mol. The molecule has 0 fully saturated rings. The van der Waals surface area contributed by atoms with Crippen LogP contribution in [0.5, 0.6) is 0 Å². The van der Waals surface area contributed by atoms with Gasteiger partial charge in [-0.3, -0.25) is 10.2 Å². The van der Waals surface area contributed by atoms with E-state index in [2.05, 4.69) is 22.7 Å². The van der Waals surface area contributed by atoms with E-state index in [9.17, 15) is 19.9 Å². The Morgan fingerprint density at radius 1 is 1.11 bits per heavy atom. The van der Waals surface area contributed by atoms with Crippen LogP contribution in [0.25, 0.3) is 11.1 Å². The lowest BCUT2D eigenvalue weighted by atomic mass is 10.0. The minimum Gasteiger partial charge on any atom is -0.464 e. The summed E-state index contributed by atoms with van der Waals surface area (Å²) in [5, 5.41) is 29.2. The quantitative estimate of drug-likeness (QED) is 0.113. The molecule has 1 aromatic heterocycles. The first-order valence-corrected chi connectivity index (χ1v) is 13.1. The SMILES string of the molecule is CCCCCCCOC(=O)C(O)CN(Cc1ccc(-c2cc(Cl)ccc2Cl)cc1)NC(=O)c1cn(O)nn1. The van der Waals surface area contributed by atoms with E-state index in [-0.39, 0.29) is 25.4 Å². The lowest BCUT2D eigenvalue weighted by Gasteiger charge is -2.25. The Bertz CT molecular complexity index is 1200. The van der Waals surface area contributed by atoms with E-state index < -0.39 is 18.0 Å². The number of carbonyl (C=O) groups excluding carboxylic acids is 2. The van der Waals surface area contributed by atoms with Crippen LogP contribution in [0.15, 0.2) is 48.7 Å². The van der Waals surface area contributed by atoms with Crippen LogP contribution in [0.1, 0.15) is 55.1 Å². The Kier molecular flexibility index (Phi) is 11.3. The van der Waals surface area contributed by atoms with Crippen LogP contribution in [0.4, 0.5) is 0 Å². The van der Waals surface area contributed by atoms with E-state index in [4.69, 9.17) is 27.9 Å². The number of unbranched alkanes of at least 4 members (excludes halogenated alkanes) is 4. The van der Waals surface area contributed by atoms with Crippen LogP contribution in [0.2, 0.25) is 10.0 Å². The second-order valence-corrected chi connectivity index (χ2v) is 9.61. The van der Waals surface area contributed by atoms with Crippen molar-refractivity contribution in [3.63, 3.8) is 0 Å². The van der Waals surface area contributed by atoms with E-state index in [1.54, 1.807) is 18.2 Å². The second kappa shape index (κ2) is 14.7. The number of hydrogen-bond acceptors (Lipinski definition) is 8. The van der Waals surface area contributed by atoms with Crippen LogP contribution in [0.3, 0.4) is 0 Å². The summed E-state index contributed by atoms with van der Waals surface area (Å²) in [5.41, 5.74) is 4.84. The predicted molar refractivity (Wildman–Crippen MR) is 143 cm³/mol. The summed E-state index contributed by atoms with van der Waals surface area (Å²) >= 11 is 12.4. The van der Waals surface area contributed by atoms with E-state index in [1.165, 1.54) is 5.01 Å². The number of amides is 1. The highest BCUT2D eigenvalue weighted by atomic mass is 35.5. The first-order valence-electron chi connectivity index (χ1n) is 12.3. The fourth-order valence-electron chi connectivity index (χ4n) is 3.70. The van der Waals surface area contributed by atoms with Crippen molar-refractivity contribution in [1.29, 1.82) is 0 Å². The molecule has 204 valence electrons. The number of aliphatic hydroxyl groups excluding tert-OH is 1. The molecule has 0 aliphatic heterocycles. The molecule has 1 heterocycles. The summed E-state index contributed by atoms with van der Waals surface area (Å²) in [7, 11) is 0. The van der Waals surface area contributed by atoms with Gasteiger partial charge in [-0.05, 0) is 41.0 Å². The summed E-state index contributed by atoms with van der Waals surface area (Å²) in [4.78, 5) is 25.4. The van der Waals surface area contributed by atoms with Crippen molar-refractivity contribution in [2.24, 2.45) is 0 Å². The highest BCUT2D eigenvalue weighted by molar-refractivity contribution is 6.35. The third-order valence-corrected chi connectivity index (χ3v) is 6.26. The van der Waals surface area contributed by atoms with Crippen molar-refractivity contribution in [1.82, 2.24) is 25.6 Å². The molecule has 38 heavy (non-hydrogen) atoms. The number of ether oxygens (including phenoxy) is 1. The van der Waals surface area contributed by atoms with Crippen LogP contribution < -0.4 is 5.43 Å². The van der Waals surface area contributed by atoms with Crippen LogP contribution in [-0.2, 0) is 16.1 Å². The van der Waals surface area contributed by atoms with Gasteiger partial charge in [0.1, 0.15) is 0 Å². The molecule has 3 N–H and O–H groups in total. The van der Waals surface area contributed by atoms with Crippen molar-refractivity contribution < 1.29 is 24.6 Å². The predicted octanol–water partition coefficient (Wildman–Crippen LogP) is 4.51. The Morgan fingerprint density at radius 2 is 1.84 bits per heavy atom. The molecule has 0 bridgehead atoms. The lowest BCUT2D eigenvalue weighted by Crippen LogP contribution is -2.47. The average molecular weight is 564 g/mol. The zero-order valence-electron chi connectivity index (χ0n) is 21.0. The van der Waals surface area contributed by atoms with Gasteiger partial charge in [-0.25, -0.2) is 9.80 Å². The van der Waals surface area contributed by atoms with Gasteiger partial charge in [-0.1, -0.05) is 84.9 Å². The fourth-order valence-corrected chi connectivity index (χ4v) is 4.10. The Hall–Kier alpha value is -3.18. The Morgan fingerprint density at radius 3 is 2.53 bits per heavy atom. The van der Waals surface area contributed by atoms with Gasteiger partial charge in [-0.2, -0.15) is 0 Å². The van der Waals surface area contributed by atoms with Crippen molar-refractivity contribution in [3.8, 4) is 11.1 Å². The normalized spacial score (nSPS) is 11.9. The van der Waals surface area contributed by atoms with E-state index in [0.29, 0.717) is 14.9 Å². The number of esters is 1. The third-order valence-electron chi connectivity index (χ3n) is 5.70. The van der Waals surface area contributed by atoms with Crippen molar-refractivity contribution in [3.05, 3.63) is 70.0 Å². The molecule has 1 unspecified atom stereocenters. The number of benzene rings is 2. The standard InChI is InChI=1S/C26H31Cl2N5O5/c1-2-3-4-5-6-13-38-26(36)24(34)17-32(30-25(35)23-16-33(37)31-29-23)15-18-7-9-19(10-8-18)21-14-20(27)11-12-22(21)28/h7-12,14,16,24,34,37H,2-6,13,15,17H2,1H3,(H,30,35). The second-order valence-electron chi connectivity index (χ2n) is 8.76. The van der Waals surface area contributed by atoms with Gasteiger partial charge in [0.15, 0.2) is 11.8 Å². The molecule has 10 nitrogen and oxygen atoms in total. The molecule has 12 heteroatoms. The minimum atomic E-state index is -1.50. The topological polar surface area (TPSA) is 130 Å². The number of nitrogens with zero attached hydrogens (tertiary/aromatic N) is 4. The molecule has 1 amide bonds. The van der Waals surface area contributed by atoms with Gasteiger partial charge in [-0.15, -0.1) is 5.10 Å². The molecule has 0 saturated heterocycles. The zero-order valence-corrected chi connectivity index (χ0v) is 22.5. The van der Waals surface area contributed by atoms with E-state index in [0.717, 1.165) is 55.0 Å². The van der Waals surface area contributed by atoms with E-state index >= 15 is 0 Å². The maximum Gasteiger partial charge on any atom is 0.336 e. The van der Waals surface area contributed by atoms with Crippen LogP contribution in [-0.4, -0.2) is 61.6 Å². The number of hydrogen-bond donors (Lipinski definition) is 3. The number of carbonyl (C=O) groups is 2. The first kappa shape index (κ1) is 29.4. The van der Waals surface area contributed by atoms with Crippen molar-refractivity contribution in [2.75, 3.05) is 13.2 Å². The van der Waals surface area contributed by atoms with Gasteiger partial charge < -0.3 is 15.1 Å². The summed E-state index contributed by atoms with van der Waals surface area (Å²) in [6, 6.07) is 12.6. The largest absolute Gasteiger partial charge is 0.464 e. The number of aliphatic hydroxyl groups is 1. The molecule has 3 aromatic rings. The number of aromatic nitrogens is 3. The molecule has 0 spiro atoms. The summed E-state index contributed by atoms with van der Waals surface area (Å²) in [5.74, 6) is -1.45. The lowest BCUT2D eigenvalue weighted by molar-refractivity contribution is -0.155. The number of hydrazine groups is 1. The molecule has 2 aromatic carbocycles. The molecule has 0 aliphatic carbocycles. The van der Waals surface area contributed by atoms with Crippen LogP contribution >= 0.6 is 23.2 Å². The maximum absolute atomic E-state index is 12.6. The molecular formula is C26H31Cl2N5O5. The maximum atomic E-state index is 12.6. The highest BCUT2D eigenvalue weighted by Gasteiger charge is 2.23. The molecular weight excluding hydrogens is 533 g/mol. The summed E-state index contributed by atoms with van der Waals surface area (Å²) in [6.07, 6.45) is 4.51. The minimum absolute atomic E-state index is 0.143. The van der Waals surface area contributed by atoms with Gasteiger partial charge in [0.05, 0.1) is 19.3 Å². The molecule has 0 saturated carbocycles. The number of rotatable bonds is 14. The van der Waals surface area contributed by atoms with Gasteiger partial charge in [0, 0.05) is 22.2 Å². The van der Waals surface area contributed by atoms with E-state index in [1.807, 2.05) is 24.3 Å². The molecule has 1 atom stereocenters. The van der Waals surface area contributed by atoms with Crippen molar-refractivity contribution >= 4 is 35.1 Å². The molecule has 0 radical (unpaired) electrons. The van der Waals surface area contributed by atoms with Gasteiger partial charge in [0.25, 0.3) is 5.91 Å². The third kappa shape index (κ3) is 8.98. The smallest absolute Gasteiger partial charge is 0.336 e. The zero-order chi connectivity index (χ0) is 27.5. The van der Waals surface area contributed by atoms with Crippen LogP contribution in [0, 0.1) is 0 Å². The van der Waals surface area contributed by atoms with Crippen molar-refractivity contribution in [2.45, 2.75) is 51.7 Å². The number of halogens is 2. The highest BCUT2D eigenvalue weighted by Crippen LogP contribution is 2.30. The fraction of sp³-hybridized carbons (Fsp3) is 0.385. The van der Waals surface area contributed by atoms with Gasteiger partial charge in [0.2, 0.25) is 0 Å². The Balaban J connectivity index is 1.66. The Labute approximate surface area is 231 Å². The number of nitrogens with one attached hydrogen (secondary N) is 1.